The van der Waals surface area contributed by atoms with E-state index in [0.717, 1.165) is 29.7 Å². The third kappa shape index (κ3) is 3.86. The molecule has 0 unspecified atom stereocenters. The number of nitrogens with zero attached hydrogens (tertiary/aromatic N) is 2. The Bertz CT molecular complexity index is 821. The average Bonchev–Trinajstić information content (AvgIpc) is 2.62. The predicted molar refractivity (Wildman–Crippen MR) is 96.1 cm³/mol. The Hall–Kier alpha value is -2.53. The Morgan fingerprint density at radius 3 is 2.83 bits per heavy atom. The fourth-order valence-corrected chi connectivity index (χ4v) is 2.56. The number of hydrogen-bond donors (Lipinski definition) is 1. The van der Waals surface area contributed by atoms with Crippen LogP contribution < -0.4 is 14.8 Å². The molecular weight excluding hydrogens is 326 g/mol. The Kier molecular flexibility index (Phi) is 5.33. The number of ether oxygens (including phenoxy) is 2. The Morgan fingerprint density at radius 1 is 1.12 bits per heavy atom. The third-order valence-electron chi connectivity index (χ3n) is 3.55. The minimum Gasteiger partial charge on any atom is -0.497 e. The lowest BCUT2D eigenvalue weighted by Gasteiger charge is -2.10. The van der Waals surface area contributed by atoms with Gasteiger partial charge in [-0.25, -0.2) is 9.97 Å². The molecule has 0 aliphatic heterocycles. The number of nitrogens with one attached hydrogen (secondary N) is 1. The maximum Gasteiger partial charge on any atom is 0.138 e. The second kappa shape index (κ2) is 7.84. The number of rotatable bonds is 7. The standard InChI is InChI=1S/C18H18ClN3O2/c1-23-13-7-8-17(15(19)11-13)24-10-4-9-20-18-14-5-2-3-6-16(14)21-12-22-18/h2-3,5-8,11-12H,4,9-10H2,1H3,(H,20,21,22). The van der Waals surface area contributed by atoms with E-state index >= 15 is 0 Å². The van der Waals surface area contributed by atoms with Crippen molar-refractivity contribution < 1.29 is 9.47 Å². The summed E-state index contributed by atoms with van der Waals surface area (Å²) in [7, 11) is 1.61. The molecule has 0 aliphatic carbocycles. The molecule has 0 radical (unpaired) electrons. The zero-order chi connectivity index (χ0) is 16.8. The minimum absolute atomic E-state index is 0.545. The highest BCUT2D eigenvalue weighted by atomic mass is 35.5. The molecule has 0 saturated carbocycles. The van der Waals surface area contributed by atoms with Gasteiger partial charge in [0.1, 0.15) is 23.6 Å². The predicted octanol–water partition coefficient (Wildman–Crippen LogP) is 4.17. The largest absolute Gasteiger partial charge is 0.497 e. The number of halogens is 1. The zero-order valence-electron chi connectivity index (χ0n) is 13.3. The number of anilines is 1. The van der Waals surface area contributed by atoms with Gasteiger partial charge in [0.05, 0.1) is 24.3 Å². The highest BCUT2D eigenvalue weighted by molar-refractivity contribution is 6.32. The van der Waals surface area contributed by atoms with Crippen molar-refractivity contribution in [2.45, 2.75) is 6.42 Å². The van der Waals surface area contributed by atoms with Gasteiger partial charge in [0.2, 0.25) is 0 Å². The number of methoxy groups -OCH3 is 1. The summed E-state index contributed by atoms with van der Waals surface area (Å²) in [6, 6.07) is 13.3. The molecule has 5 nitrogen and oxygen atoms in total. The van der Waals surface area contributed by atoms with Crippen LogP contribution in [-0.2, 0) is 0 Å². The first-order valence-corrected chi connectivity index (χ1v) is 8.05. The highest BCUT2D eigenvalue weighted by Crippen LogP contribution is 2.28. The van der Waals surface area contributed by atoms with Gasteiger partial charge in [-0.3, -0.25) is 0 Å². The van der Waals surface area contributed by atoms with Crippen molar-refractivity contribution in [1.82, 2.24) is 9.97 Å². The number of fused-ring (bicyclic) bond motifs is 1. The molecule has 0 aliphatic rings. The molecule has 0 fully saturated rings. The lowest BCUT2D eigenvalue weighted by Crippen LogP contribution is -2.09. The molecule has 0 amide bonds. The molecule has 0 atom stereocenters. The summed E-state index contributed by atoms with van der Waals surface area (Å²) >= 11 is 6.14. The monoisotopic (exact) mass is 343 g/mol. The molecular formula is C18H18ClN3O2. The van der Waals surface area contributed by atoms with Crippen LogP contribution >= 0.6 is 11.6 Å². The fraction of sp³-hybridized carbons (Fsp3) is 0.222. The molecule has 1 aromatic heterocycles. The summed E-state index contributed by atoms with van der Waals surface area (Å²) in [5.41, 5.74) is 0.927. The number of para-hydroxylation sites is 1. The number of hydrogen-bond acceptors (Lipinski definition) is 5. The first kappa shape index (κ1) is 16.3. The van der Waals surface area contributed by atoms with Gasteiger partial charge in [-0.15, -0.1) is 0 Å². The molecule has 0 bridgehead atoms. The van der Waals surface area contributed by atoms with Gasteiger partial charge in [-0.2, -0.15) is 0 Å². The molecule has 2 aromatic carbocycles. The zero-order valence-corrected chi connectivity index (χ0v) is 14.1. The van der Waals surface area contributed by atoms with Gasteiger partial charge >= 0.3 is 0 Å². The summed E-state index contributed by atoms with van der Waals surface area (Å²) in [5, 5.41) is 4.88. The van der Waals surface area contributed by atoms with Crippen LogP contribution in [0.4, 0.5) is 5.82 Å². The maximum atomic E-state index is 6.14. The van der Waals surface area contributed by atoms with E-state index < -0.39 is 0 Å². The van der Waals surface area contributed by atoms with Crippen molar-refractivity contribution in [2.24, 2.45) is 0 Å². The van der Waals surface area contributed by atoms with Gasteiger partial charge in [0.25, 0.3) is 0 Å². The lowest BCUT2D eigenvalue weighted by atomic mass is 10.2. The smallest absolute Gasteiger partial charge is 0.138 e. The lowest BCUT2D eigenvalue weighted by molar-refractivity contribution is 0.314. The van der Waals surface area contributed by atoms with E-state index in [1.54, 1.807) is 19.5 Å². The minimum atomic E-state index is 0.545. The fourth-order valence-electron chi connectivity index (χ4n) is 2.33. The van der Waals surface area contributed by atoms with E-state index in [2.05, 4.69) is 15.3 Å². The summed E-state index contributed by atoms with van der Waals surface area (Å²) in [6.45, 7) is 1.30. The van der Waals surface area contributed by atoms with E-state index in [1.807, 2.05) is 36.4 Å². The normalized spacial score (nSPS) is 10.6. The SMILES string of the molecule is COc1ccc(OCCCNc2ncnc3ccccc23)c(Cl)c1. The van der Waals surface area contributed by atoms with Crippen molar-refractivity contribution in [3.63, 3.8) is 0 Å². The summed E-state index contributed by atoms with van der Waals surface area (Å²) in [6.07, 6.45) is 2.39. The van der Waals surface area contributed by atoms with E-state index in [4.69, 9.17) is 21.1 Å². The second-order valence-corrected chi connectivity index (χ2v) is 5.57. The van der Waals surface area contributed by atoms with Gasteiger partial charge in [0, 0.05) is 18.0 Å². The average molecular weight is 344 g/mol. The molecule has 1 N–H and O–H groups in total. The van der Waals surface area contributed by atoms with Crippen LogP contribution in [0.2, 0.25) is 5.02 Å². The van der Waals surface area contributed by atoms with Crippen molar-refractivity contribution >= 4 is 28.3 Å². The summed E-state index contributed by atoms with van der Waals surface area (Å²) in [5.74, 6) is 2.21. The Balaban J connectivity index is 1.50. The summed E-state index contributed by atoms with van der Waals surface area (Å²) in [4.78, 5) is 8.55. The maximum absolute atomic E-state index is 6.14. The van der Waals surface area contributed by atoms with Gasteiger partial charge in [-0.05, 0) is 30.7 Å². The molecule has 0 spiro atoms. The second-order valence-electron chi connectivity index (χ2n) is 5.16. The molecule has 0 saturated heterocycles. The van der Waals surface area contributed by atoms with E-state index in [9.17, 15) is 0 Å². The topological polar surface area (TPSA) is 56.3 Å². The van der Waals surface area contributed by atoms with Gasteiger partial charge in [-0.1, -0.05) is 23.7 Å². The quantitative estimate of drug-likeness (QED) is 0.652. The van der Waals surface area contributed by atoms with Crippen molar-refractivity contribution in [1.29, 1.82) is 0 Å². The van der Waals surface area contributed by atoms with Crippen LogP contribution in [0.15, 0.2) is 48.8 Å². The van der Waals surface area contributed by atoms with Crippen molar-refractivity contribution in [3.05, 3.63) is 53.8 Å². The molecule has 3 rings (SSSR count). The van der Waals surface area contributed by atoms with E-state index in [1.165, 1.54) is 0 Å². The highest BCUT2D eigenvalue weighted by Gasteiger charge is 2.04. The van der Waals surface area contributed by atoms with E-state index in [0.29, 0.717) is 23.1 Å². The third-order valence-corrected chi connectivity index (χ3v) is 3.85. The van der Waals surface area contributed by atoms with Crippen LogP contribution in [0.25, 0.3) is 10.9 Å². The van der Waals surface area contributed by atoms with Crippen molar-refractivity contribution in [3.8, 4) is 11.5 Å². The molecule has 6 heteroatoms. The molecule has 24 heavy (non-hydrogen) atoms. The van der Waals surface area contributed by atoms with Gasteiger partial charge < -0.3 is 14.8 Å². The van der Waals surface area contributed by atoms with Crippen LogP contribution in [0, 0.1) is 0 Å². The molecule has 1 heterocycles. The summed E-state index contributed by atoms with van der Waals surface area (Å²) < 4.78 is 10.8. The van der Waals surface area contributed by atoms with Gasteiger partial charge in [0.15, 0.2) is 0 Å². The van der Waals surface area contributed by atoms with E-state index in [-0.39, 0.29) is 0 Å². The first-order chi connectivity index (χ1) is 11.8. The van der Waals surface area contributed by atoms with Crippen molar-refractivity contribution in [2.75, 3.05) is 25.6 Å². The number of aromatic nitrogens is 2. The first-order valence-electron chi connectivity index (χ1n) is 7.68. The van der Waals surface area contributed by atoms with Crippen LogP contribution in [0.5, 0.6) is 11.5 Å². The Morgan fingerprint density at radius 2 is 2.00 bits per heavy atom. The molecule has 124 valence electrons. The van der Waals surface area contributed by atoms with Crippen LogP contribution in [0.1, 0.15) is 6.42 Å². The number of benzene rings is 2. The molecule has 3 aromatic rings. The van der Waals surface area contributed by atoms with Crippen LogP contribution in [0.3, 0.4) is 0 Å². The van der Waals surface area contributed by atoms with Crippen LogP contribution in [-0.4, -0.2) is 30.2 Å². The Labute approximate surface area is 145 Å².